The van der Waals surface area contributed by atoms with E-state index in [4.69, 9.17) is 17.3 Å². The minimum absolute atomic E-state index is 0.226. The van der Waals surface area contributed by atoms with Crippen LogP contribution in [-0.2, 0) is 19.7 Å². The van der Waals surface area contributed by atoms with Crippen LogP contribution in [0.2, 0.25) is 0 Å². The summed E-state index contributed by atoms with van der Waals surface area (Å²) in [4.78, 5) is 23.2. The summed E-state index contributed by atoms with van der Waals surface area (Å²) in [5.74, 6) is -0.265. The monoisotopic (exact) mass is 634 g/mol. The van der Waals surface area contributed by atoms with E-state index in [-0.39, 0.29) is 10.8 Å². The first-order chi connectivity index (χ1) is 20.2. The first-order valence-electron chi connectivity index (χ1n) is 12.8. The average molecular weight is 635 g/mol. The van der Waals surface area contributed by atoms with Crippen LogP contribution in [0, 0.1) is 13.8 Å². The Labute approximate surface area is 255 Å². The molecule has 3 N–H and O–H groups in total. The highest BCUT2D eigenvalue weighted by Gasteiger charge is 2.21. The van der Waals surface area contributed by atoms with E-state index < -0.39 is 24.9 Å². The van der Waals surface area contributed by atoms with Gasteiger partial charge >= 0.3 is 0 Å². The lowest BCUT2D eigenvalue weighted by molar-refractivity contribution is 0.102. The molecule has 43 heavy (non-hydrogen) atoms. The molecule has 4 aromatic rings. The summed E-state index contributed by atoms with van der Waals surface area (Å²) in [6.07, 6.45) is 3.13. The van der Waals surface area contributed by atoms with Gasteiger partial charge in [0.15, 0.2) is 0 Å². The fraction of sp³-hybridized carbons (Fsp3) is 0.0625. The number of amides is 1. The maximum absolute atomic E-state index is 12.1. The number of nitrogen functional groups attached to an aromatic ring is 1. The first-order valence-corrected chi connectivity index (χ1v) is 16.3. The molecule has 220 valence electrons. The average Bonchev–Trinajstić information content (AvgIpc) is 3.43. The van der Waals surface area contributed by atoms with E-state index in [0.717, 1.165) is 11.1 Å². The third-order valence-electron chi connectivity index (χ3n) is 6.37. The van der Waals surface area contributed by atoms with Crippen LogP contribution in [0.1, 0.15) is 43.0 Å². The number of nitrogens with two attached hydrogens (primary N) is 1. The molecule has 11 heteroatoms. The molecule has 2 aliphatic heterocycles. The van der Waals surface area contributed by atoms with Crippen molar-refractivity contribution in [3.63, 3.8) is 0 Å². The zero-order chi connectivity index (χ0) is 31.4. The largest absolute Gasteiger partial charge is 0.399 e. The van der Waals surface area contributed by atoms with Crippen molar-refractivity contribution in [1.82, 2.24) is 0 Å². The van der Waals surface area contributed by atoms with Gasteiger partial charge in [0.25, 0.3) is 11.1 Å². The van der Waals surface area contributed by atoms with Crippen molar-refractivity contribution < 1.29 is 26.4 Å². The second kappa shape index (κ2) is 12.8. The summed E-state index contributed by atoms with van der Waals surface area (Å²) < 4.78 is 46.1. The van der Waals surface area contributed by atoms with Crippen LogP contribution in [0.25, 0.3) is 12.2 Å². The molecular weight excluding hydrogens is 608 g/mol. The third-order valence-corrected chi connectivity index (χ3v) is 9.51. The number of benzene rings is 4. The lowest BCUT2D eigenvalue weighted by Crippen LogP contribution is -2.12. The molecule has 0 aromatic heterocycles. The fourth-order valence-electron chi connectivity index (χ4n) is 4.00. The summed E-state index contributed by atoms with van der Waals surface area (Å²) in [5.41, 5.74) is 11.0. The molecule has 0 atom stereocenters. The minimum atomic E-state index is -3.37. The number of anilines is 2. The maximum Gasteiger partial charge on any atom is 0.255 e. The number of nitrogens with one attached hydrogen (secondary N) is 1. The predicted molar refractivity (Wildman–Crippen MR) is 170 cm³/mol. The lowest BCUT2D eigenvalue weighted by Gasteiger charge is -2.07. The van der Waals surface area contributed by atoms with Crippen LogP contribution in [-0.4, -0.2) is 28.0 Å². The SMILES string of the molecule is Cc1ccc(C(=O)Cl)cc1.Cc1ccc(C(=O)Nc2ccc3c(c2)S(=O)(=O)C=C3)cc1.Nc1ccc2c(c1)S(=O)(=O)C=C2. The van der Waals surface area contributed by atoms with E-state index in [1.54, 1.807) is 60.7 Å². The summed E-state index contributed by atoms with van der Waals surface area (Å²) in [7, 11) is -6.55. The van der Waals surface area contributed by atoms with Crippen LogP contribution >= 0.6 is 11.6 Å². The zero-order valence-corrected chi connectivity index (χ0v) is 25.5. The van der Waals surface area contributed by atoms with Gasteiger partial charge in [0, 0.05) is 33.3 Å². The van der Waals surface area contributed by atoms with Gasteiger partial charge in [-0.1, -0.05) is 47.5 Å². The minimum Gasteiger partial charge on any atom is -0.399 e. The lowest BCUT2D eigenvalue weighted by atomic mass is 10.1. The van der Waals surface area contributed by atoms with Gasteiger partial charge in [-0.2, -0.15) is 0 Å². The topological polar surface area (TPSA) is 140 Å². The molecule has 0 spiro atoms. The molecule has 0 saturated carbocycles. The molecule has 6 rings (SSSR count). The fourth-order valence-corrected chi connectivity index (χ4v) is 6.59. The Kier molecular flexibility index (Phi) is 9.34. The number of fused-ring (bicyclic) bond motifs is 2. The molecular formula is C32H27ClN2O6S2. The molecule has 0 bridgehead atoms. The number of hydrogen-bond donors (Lipinski definition) is 2. The van der Waals surface area contributed by atoms with Crippen molar-refractivity contribution in [2.24, 2.45) is 0 Å². The van der Waals surface area contributed by atoms with Crippen LogP contribution in [0.4, 0.5) is 11.4 Å². The number of carbonyl (C=O) groups excluding carboxylic acids is 2. The molecule has 0 saturated heterocycles. The molecule has 1 amide bonds. The second-order valence-corrected chi connectivity index (χ2v) is 13.7. The molecule has 0 unspecified atom stereocenters. The number of carbonyl (C=O) groups is 2. The van der Waals surface area contributed by atoms with Gasteiger partial charge in [0.2, 0.25) is 19.7 Å². The van der Waals surface area contributed by atoms with Gasteiger partial charge in [-0.25, -0.2) is 16.8 Å². The van der Waals surface area contributed by atoms with Crippen LogP contribution in [0.5, 0.6) is 0 Å². The molecule has 0 aliphatic carbocycles. The Hall–Kier alpha value is -4.51. The van der Waals surface area contributed by atoms with Gasteiger partial charge in [-0.05, 0) is 97.3 Å². The van der Waals surface area contributed by atoms with Gasteiger partial charge in [0.1, 0.15) is 0 Å². The quantitative estimate of drug-likeness (QED) is 0.196. The Morgan fingerprint density at radius 1 is 0.651 bits per heavy atom. The summed E-state index contributed by atoms with van der Waals surface area (Å²) in [6.45, 7) is 3.91. The molecule has 2 heterocycles. The van der Waals surface area contributed by atoms with Crippen molar-refractivity contribution >= 4 is 66.0 Å². The van der Waals surface area contributed by atoms with Crippen molar-refractivity contribution in [1.29, 1.82) is 0 Å². The Morgan fingerprint density at radius 3 is 1.63 bits per heavy atom. The maximum atomic E-state index is 12.1. The Bertz CT molecular complexity index is 1980. The van der Waals surface area contributed by atoms with Crippen molar-refractivity contribution in [3.8, 4) is 0 Å². The highest BCUT2D eigenvalue weighted by molar-refractivity contribution is 7.95. The molecule has 0 fully saturated rings. The first kappa shape index (κ1) is 31.4. The highest BCUT2D eigenvalue weighted by Crippen LogP contribution is 2.30. The summed E-state index contributed by atoms with van der Waals surface area (Å²) in [6, 6.07) is 24.0. The van der Waals surface area contributed by atoms with E-state index in [1.807, 2.05) is 38.1 Å². The van der Waals surface area contributed by atoms with E-state index in [9.17, 15) is 26.4 Å². The van der Waals surface area contributed by atoms with Crippen molar-refractivity contribution in [2.45, 2.75) is 23.6 Å². The zero-order valence-electron chi connectivity index (χ0n) is 23.1. The third kappa shape index (κ3) is 7.86. The summed E-state index contributed by atoms with van der Waals surface area (Å²) >= 11 is 5.22. The second-order valence-electron chi connectivity index (χ2n) is 9.71. The van der Waals surface area contributed by atoms with E-state index in [0.29, 0.717) is 38.5 Å². The van der Waals surface area contributed by atoms with Gasteiger partial charge < -0.3 is 11.1 Å². The smallest absolute Gasteiger partial charge is 0.255 e. The Balaban J connectivity index is 0.000000163. The molecule has 0 radical (unpaired) electrons. The standard InChI is InChI=1S/C16H13NO3S.C8H7ClO.C8H7NO2S/c1-11-2-4-13(5-3-11)16(18)17-14-7-6-12-8-9-21(19,20)15(12)10-14;1-6-2-4-7(5-3-6)8(9)10;9-7-2-1-6-3-4-12(10,11)8(6)5-7/h2-10H,1H3,(H,17,18);2-5H,1H3;1-5H,9H2. The number of aryl methyl sites for hydroxylation is 2. The van der Waals surface area contributed by atoms with Crippen molar-refractivity contribution in [3.05, 3.63) is 129 Å². The van der Waals surface area contributed by atoms with E-state index in [1.165, 1.54) is 22.9 Å². The number of hydrogen-bond acceptors (Lipinski definition) is 7. The molecule has 8 nitrogen and oxygen atoms in total. The Morgan fingerprint density at radius 2 is 1.12 bits per heavy atom. The van der Waals surface area contributed by atoms with Gasteiger partial charge in [-0.15, -0.1) is 0 Å². The van der Waals surface area contributed by atoms with Crippen LogP contribution < -0.4 is 11.1 Å². The van der Waals surface area contributed by atoms with Crippen LogP contribution in [0.3, 0.4) is 0 Å². The number of sulfone groups is 2. The van der Waals surface area contributed by atoms with Gasteiger partial charge in [-0.3, -0.25) is 9.59 Å². The predicted octanol–water partition coefficient (Wildman–Crippen LogP) is 6.41. The summed E-state index contributed by atoms with van der Waals surface area (Å²) in [5, 5.41) is 4.67. The van der Waals surface area contributed by atoms with E-state index in [2.05, 4.69) is 5.32 Å². The van der Waals surface area contributed by atoms with E-state index >= 15 is 0 Å². The number of halogens is 1. The number of rotatable bonds is 3. The molecule has 4 aromatic carbocycles. The van der Waals surface area contributed by atoms with Crippen LogP contribution in [0.15, 0.2) is 106 Å². The normalized spacial score (nSPS) is 14.3. The molecule has 2 aliphatic rings. The highest BCUT2D eigenvalue weighted by atomic mass is 35.5. The van der Waals surface area contributed by atoms with Gasteiger partial charge in [0.05, 0.1) is 9.79 Å². The van der Waals surface area contributed by atoms with Crippen molar-refractivity contribution in [2.75, 3.05) is 11.1 Å².